The first-order valence-corrected chi connectivity index (χ1v) is 8.83. The molecule has 0 fully saturated rings. The number of nitrogens with zero attached hydrogens (tertiary/aromatic N) is 1. The van der Waals surface area contributed by atoms with E-state index >= 15 is 0 Å². The number of phenolic OH excluding ortho intramolecular Hbond substituents is 1. The minimum Gasteiger partial charge on any atom is -0.504 e. The third kappa shape index (κ3) is 4.36. The molecule has 26 heavy (non-hydrogen) atoms. The Balaban J connectivity index is 1.42. The van der Waals surface area contributed by atoms with E-state index in [0.29, 0.717) is 12.3 Å². The van der Waals surface area contributed by atoms with Crippen molar-refractivity contribution < 1.29 is 14.6 Å². The van der Waals surface area contributed by atoms with Gasteiger partial charge in [0.1, 0.15) is 0 Å². The van der Waals surface area contributed by atoms with Crippen LogP contribution in [0.4, 0.5) is 5.69 Å². The third-order valence-electron chi connectivity index (χ3n) is 4.52. The number of nitrogens with one attached hydrogen (secondary N) is 1. The van der Waals surface area contributed by atoms with E-state index in [1.807, 2.05) is 0 Å². The minimum atomic E-state index is -0.126. The third-order valence-corrected chi connectivity index (χ3v) is 4.52. The Labute approximate surface area is 153 Å². The molecule has 1 heterocycles. The van der Waals surface area contributed by atoms with Gasteiger partial charge in [0.25, 0.3) is 0 Å². The number of aromatic hydroxyl groups is 1. The molecule has 0 atom stereocenters. The summed E-state index contributed by atoms with van der Waals surface area (Å²) in [5, 5.41) is 12.5. The zero-order valence-electron chi connectivity index (χ0n) is 14.9. The van der Waals surface area contributed by atoms with Gasteiger partial charge in [-0.2, -0.15) is 0 Å². The molecule has 0 aromatic heterocycles. The minimum absolute atomic E-state index is 0.0811. The van der Waals surface area contributed by atoms with Crippen LogP contribution in [0.2, 0.25) is 0 Å². The van der Waals surface area contributed by atoms with E-state index in [4.69, 9.17) is 4.74 Å². The molecule has 0 unspecified atom stereocenters. The van der Waals surface area contributed by atoms with Gasteiger partial charge in [0.15, 0.2) is 11.5 Å². The average molecular weight is 352 g/mol. The summed E-state index contributed by atoms with van der Waals surface area (Å²) in [6, 6.07) is 13.5. The number of hydrogen-bond acceptors (Lipinski definition) is 4. The molecule has 0 saturated heterocycles. The number of carbonyl (C=O) groups is 1. The molecule has 2 N–H and O–H groups in total. The lowest BCUT2D eigenvalue weighted by Gasteiger charge is -2.19. The van der Waals surface area contributed by atoms with Crippen LogP contribution in [0.5, 0.6) is 11.5 Å². The van der Waals surface area contributed by atoms with Crippen molar-refractivity contribution >= 4 is 17.7 Å². The largest absolute Gasteiger partial charge is 0.504 e. The number of fused-ring (bicyclic) bond motifs is 1. The van der Waals surface area contributed by atoms with Crippen molar-refractivity contribution in [2.75, 3.05) is 31.6 Å². The first kappa shape index (κ1) is 17.9. The highest BCUT2D eigenvalue weighted by Gasteiger charge is 2.17. The fourth-order valence-corrected chi connectivity index (χ4v) is 3.15. The molecular weight excluding hydrogens is 328 g/mol. The molecule has 5 heteroatoms. The van der Waals surface area contributed by atoms with Crippen LogP contribution in [0.1, 0.15) is 17.5 Å². The highest BCUT2D eigenvalue weighted by molar-refractivity contribution is 5.91. The van der Waals surface area contributed by atoms with Crippen LogP contribution >= 0.6 is 0 Å². The Morgan fingerprint density at radius 1 is 1.31 bits per heavy atom. The monoisotopic (exact) mass is 352 g/mol. The zero-order valence-corrected chi connectivity index (χ0v) is 14.9. The molecule has 136 valence electrons. The topological polar surface area (TPSA) is 61.8 Å². The summed E-state index contributed by atoms with van der Waals surface area (Å²) in [7, 11) is 1.49. The number of amides is 1. The fraction of sp³-hybridized carbons (Fsp3) is 0.286. The summed E-state index contributed by atoms with van der Waals surface area (Å²) in [5.74, 6) is 0.343. The van der Waals surface area contributed by atoms with E-state index in [1.165, 1.54) is 24.4 Å². The van der Waals surface area contributed by atoms with Gasteiger partial charge in [-0.15, -0.1) is 0 Å². The maximum absolute atomic E-state index is 11.9. The lowest BCUT2D eigenvalue weighted by molar-refractivity contribution is -0.116. The van der Waals surface area contributed by atoms with E-state index in [1.54, 1.807) is 24.3 Å². The quantitative estimate of drug-likeness (QED) is 0.594. The number of hydrogen-bond donors (Lipinski definition) is 2. The van der Waals surface area contributed by atoms with Crippen LogP contribution in [0.15, 0.2) is 48.5 Å². The molecule has 0 spiro atoms. The second-order valence-corrected chi connectivity index (χ2v) is 6.27. The Morgan fingerprint density at radius 2 is 2.15 bits per heavy atom. The van der Waals surface area contributed by atoms with Crippen LogP contribution in [-0.4, -0.2) is 37.8 Å². The summed E-state index contributed by atoms with van der Waals surface area (Å²) in [6.07, 6.45) is 5.20. The molecular formula is C21H24N2O3. The number of rotatable bonds is 7. The molecule has 0 saturated carbocycles. The molecule has 0 bridgehead atoms. The highest BCUT2D eigenvalue weighted by atomic mass is 16.5. The van der Waals surface area contributed by atoms with Crippen molar-refractivity contribution in [2.24, 2.45) is 0 Å². The Morgan fingerprint density at radius 3 is 3.00 bits per heavy atom. The summed E-state index contributed by atoms with van der Waals surface area (Å²) >= 11 is 0. The van der Waals surface area contributed by atoms with Crippen LogP contribution in [0, 0.1) is 0 Å². The standard InChI is InChI=1S/C21H24N2O3/c1-26-20-15-16(7-9-19(20)24)8-10-21(25)22-12-4-13-23-14-11-17-5-2-3-6-18(17)23/h2-3,5-10,15,24H,4,11-14H2,1H3,(H,22,25)/b10-8+. The van der Waals surface area contributed by atoms with E-state index < -0.39 is 0 Å². The first-order valence-electron chi connectivity index (χ1n) is 8.83. The maximum atomic E-state index is 11.9. The Kier molecular flexibility index (Phi) is 5.79. The SMILES string of the molecule is COc1cc(/C=C/C(=O)NCCCN2CCc3ccccc32)ccc1O. The molecule has 2 aromatic rings. The number of anilines is 1. The molecule has 2 aromatic carbocycles. The summed E-state index contributed by atoms with van der Waals surface area (Å²) < 4.78 is 5.06. The predicted octanol–water partition coefficient (Wildman–Crippen LogP) is 2.98. The van der Waals surface area contributed by atoms with Crippen molar-refractivity contribution in [1.29, 1.82) is 0 Å². The molecule has 0 aliphatic carbocycles. The van der Waals surface area contributed by atoms with Gasteiger partial charge in [-0.1, -0.05) is 24.3 Å². The van der Waals surface area contributed by atoms with Crippen LogP contribution in [-0.2, 0) is 11.2 Å². The number of carbonyl (C=O) groups excluding carboxylic acids is 1. The van der Waals surface area contributed by atoms with E-state index in [0.717, 1.165) is 31.5 Å². The van der Waals surface area contributed by atoms with Crippen molar-refractivity contribution in [3.05, 3.63) is 59.7 Å². The lowest BCUT2D eigenvalue weighted by atomic mass is 10.2. The van der Waals surface area contributed by atoms with E-state index in [-0.39, 0.29) is 11.7 Å². The maximum Gasteiger partial charge on any atom is 0.244 e. The van der Waals surface area contributed by atoms with Crippen molar-refractivity contribution in [1.82, 2.24) is 5.32 Å². The number of phenols is 1. The second kappa shape index (κ2) is 8.43. The second-order valence-electron chi connectivity index (χ2n) is 6.27. The molecule has 0 radical (unpaired) electrons. The smallest absolute Gasteiger partial charge is 0.244 e. The van der Waals surface area contributed by atoms with Crippen molar-refractivity contribution in [3.63, 3.8) is 0 Å². The first-order chi connectivity index (χ1) is 12.7. The van der Waals surface area contributed by atoms with E-state index in [2.05, 4.69) is 34.5 Å². The molecule has 5 nitrogen and oxygen atoms in total. The van der Waals surface area contributed by atoms with Gasteiger partial charge >= 0.3 is 0 Å². The van der Waals surface area contributed by atoms with Gasteiger partial charge in [0.2, 0.25) is 5.91 Å². The van der Waals surface area contributed by atoms with Gasteiger partial charge in [0, 0.05) is 31.4 Å². The molecule has 1 aliphatic rings. The summed E-state index contributed by atoms with van der Waals surface area (Å²) in [4.78, 5) is 14.3. The Bertz CT molecular complexity index is 802. The number of para-hydroxylation sites is 1. The summed E-state index contributed by atoms with van der Waals surface area (Å²) in [6.45, 7) is 2.63. The molecule has 1 aliphatic heterocycles. The van der Waals surface area contributed by atoms with Crippen LogP contribution in [0.25, 0.3) is 6.08 Å². The van der Waals surface area contributed by atoms with Crippen molar-refractivity contribution in [2.45, 2.75) is 12.8 Å². The van der Waals surface area contributed by atoms with Gasteiger partial charge in [0.05, 0.1) is 7.11 Å². The van der Waals surface area contributed by atoms with Gasteiger partial charge in [-0.25, -0.2) is 0 Å². The molecule has 1 amide bonds. The average Bonchev–Trinajstić information content (AvgIpc) is 3.08. The Hall–Kier alpha value is -2.95. The number of ether oxygens (including phenoxy) is 1. The van der Waals surface area contributed by atoms with E-state index in [9.17, 15) is 9.90 Å². The van der Waals surface area contributed by atoms with Gasteiger partial charge < -0.3 is 20.1 Å². The molecule has 3 rings (SSSR count). The van der Waals surface area contributed by atoms with Crippen LogP contribution < -0.4 is 15.0 Å². The van der Waals surface area contributed by atoms with Gasteiger partial charge in [-0.05, 0) is 48.2 Å². The fourth-order valence-electron chi connectivity index (χ4n) is 3.15. The predicted molar refractivity (Wildman–Crippen MR) is 104 cm³/mol. The normalized spacial score (nSPS) is 13.0. The lowest BCUT2D eigenvalue weighted by Crippen LogP contribution is -2.28. The van der Waals surface area contributed by atoms with Crippen molar-refractivity contribution in [3.8, 4) is 11.5 Å². The summed E-state index contributed by atoms with van der Waals surface area (Å²) in [5.41, 5.74) is 3.52. The van der Waals surface area contributed by atoms with Gasteiger partial charge in [-0.3, -0.25) is 4.79 Å². The van der Waals surface area contributed by atoms with Crippen LogP contribution in [0.3, 0.4) is 0 Å². The number of methoxy groups -OCH3 is 1. The highest BCUT2D eigenvalue weighted by Crippen LogP contribution is 2.27. The zero-order chi connectivity index (χ0) is 18.4. The number of benzene rings is 2.